The highest BCUT2D eigenvalue weighted by Crippen LogP contribution is 2.43. The zero-order chi connectivity index (χ0) is 13.9. The Bertz CT molecular complexity index is 407. The molecule has 1 aromatic rings. The summed E-state index contributed by atoms with van der Waals surface area (Å²) in [6.45, 7) is 5.52. The summed E-state index contributed by atoms with van der Waals surface area (Å²) >= 11 is 5.89. The molecule has 1 heterocycles. The average molecular weight is 283 g/mol. The van der Waals surface area contributed by atoms with Gasteiger partial charge in [-0.05, 0) is 30.6 Å². The molecule has 5 heteroatoms. The van der Waals surface area contributed by atoms with Crippen LogP contribution in [-0.4, -0.2) is 16.5 Å². The molecule has 0 saturated heterocycles. The van der Waals surface area contributed by atoms with E-state index in [1.54, 1.807) is 6.07 Å². The zero-order valence-corrected chi connectivity index (χ0v) is 12.5. The highest BCUT2D eigenvalue weighted by Gasteiger charge is 2.34. The molecule has 1 saturated carbocycles. The number of rotatable bonds is 5. The maximum Gasteiger partial charge on any atom is 0.223 e. The Hall–Kier alpha value is -1.03. The number of hydrogen-bond acceptors (Lipinski definition) is 4. The minimum absolute atomic E-state index is 0.222. The quantitative estimate of drug-likeness (QED) is 0.808. The minimum atomic E-state index is 0.222. The van der Waals surface area contributed by atoms with Crippen LogP contribution in [0.3, 0.4) is 0 Å². The third-order valence-electron chi connectivity index (χ3n) is 3.86. The van der Waals surface area contributed by atoms with Crippen LogP contribution < -0.4 is 11.1 Å². The Kier molecular flexibility index (Phi) is 4.50. The summed E-state index contributed by atoms with van der Waals surface area (Å²) in [6, 6.07) is 1.73. The third-order valence-corrected chi connectivity index (χ3v) is 4.06. The first-order chi connectivity index (χ1) is 8.99. The minimum Gasteiger partial charge on any atom is -0.369 e. The van der Waals surface area contributed by atoms with Gasteiger partial charge < -0.3 is 11.1 Å². The number of nitrogens with zero attached hydrogens (tertiary/aromatic N) is 2. The van der Waals surface area contributed by atoms with Crippen molar-refractivity contribution in [2.75, 3.05) is 17.6 Å². The monoisotopic (exact) mass is 282 g/mol. The van der Waals surface area contributed by atoms with Crippen LogP contribution in [0.25, 0.3) is 0 Å². The first-order valence-corrected chi connectivity index (χ1v) is 7.41. The zero-order valence-electron chi connectivity index (χ0n) is 11.7. The number of hydrogen-bond donors (Lipinski definition) is 2. The van der Waals surface area contributed by atoms with Crippen LogP contribution in [0.4, 0.5) is 11.8 Å². The topological polar surface area (TPSA) is 63.8 Å². The van der Waals surface area contributed by atoms with Gasteiger partial charge in [0.15, 0.2) is 0 Å². The molecule has 1 fully saturated rings. The molecule has 0 aliphatic heterocycles. The van der Waals surface area contributed by atoms with E-state index in [4.69, 9.17) is 17.3 Å². The lowest BCUT2D eigenvalue weighted by molar-refractivity contribution is 0.252. The Balaban J connectivity index is 2.02. The van der Waals surface area contributed by atoms with E-state index in [9.17, 15) is 0 Å². The van der Waals surface area contributed by atoms with Crippen molar-refractivity contribution in [3.8, 4) is 0 Å². The highest BCUT2D eigenvalue weighted by atomic mass is 35.5. The summed E-state index contributed by atoms with van der Waals surface area (Å²) in [6.07, 6.45) is 6.52. The summed E-state index contributed by atoms with van der Waals surface area (Å²) in [5, 5.41) is 3.79. The first-order valence-electron chi connectivity index (χ1n) is 7.03. The maximum atomic E-state index is 5.89. The van der Waals surface area contributed by atoms with Gasteiger partial charge in [-0.15, -0.1) is 0 Å². The second-order valence-corrected chi connectivity index (χ2v) is 6.48. The molecule has 0 unspecified atom stereocenters. The normalized spacial score (nSPS) is 17.9. The van der Waals surface area contributed by atoms with Crippen molar-refractivity contribution in [1.29, 1.82) is 0 Å². The van der Waals surface area contributed by atoms with E-state index in [1.165, 1.54) is 32.1 Å². The molecular formula is C14H23ClN4. The van der Waals surface area contributed by atoms with Crippen LogP contribution in [0, 0.1) is 11.3 Å². The highest BCUT2D eigenvalue weighted by molar-refractivity contribution is 6.29. The fourth-order valence-corrected chi connectivity index (χ4v) is 3.44. The predicted octanol–water partition coefficient (Wildman–Crippen LogP) is 3.73. The summed E-state index contributed by atoms with van der Waals surface area (Å²) in [7, 11) is 0. The Labute approximate surface area is 120 Å². The Morgan fingerprint density at radius 3 is 2.63 bits per heavy atom. The molecule has 4 nitrogen and oxygen atoms in total. The molecule has 0 amide bonds. The lowest BCUT2D eigenvalue weighted by Gasteiger charge is -2.31. The smallest absolute Gasteiger partial charge is 0.223 e. The SMILES string of the molecule is CC(C)CC1(CNc2cc(Cl)nc(N)n2)CCCC1. The molecule has 1 aromatic heterocycles. The van der Waals surface area contributed by atoms with Crippen LogP contribution >= 0.6 is 11.6 Å². The van der Waals surface area contributed by atoms with Gasteiger partial charge in [0.25, 0.3) is 0 Å². The van der Waals surface area contributed by atoms with Crippen LogP contribution in [-0.2, 0) is 0 Å². The van der Waals surface area contributed by atoms with E-state index in [2.05, 4.69) is 29.1 Å². The van der Waals surface area contributed by atoms with Gasteiger partial charge in [0.05, 0.1) is 0 Å². The molecule has 1 aliphatic rings. The second kappa shape index (κ2) is 5.95. The van der Waals surface area contributed by atoms with Crippen LogP contribution in [0.5, 0.6) is 0 Å². The van der Waals surface area contributed by atoms with Gasteiger partial charge in [0.2, 0.25) is 5.95 Å². The molecule has 0 radical (unpaired) electrons. The van der Waals surface area contributed by atoms with E-state index >= 15 is 0 Å². The Morgan fingerprint density at radius 1 is 1.37 bits per heavy atom. The van der Waals surface area contributed by atoms with Gasteiger partial charge in [0.1, 0.15) is 11.0 Å². The van der Waals surface area contributed by atoms with Crippen LogP contribution in [0.15, 0.2) is 6.07 Å². The van der Waals surface area contributed by atoms with Gasteiger partial charge in [-0.2, -0.15) is 4.98 Å². The average Bonchev–Trinajstić information content (AvgIpc) is 2.73. The lowest BCUT2D eigenvalue weighted by Crippen LogP contribution is -2.28. The van der Waals surface area contributed by atoms with Crippen LogP contribution in [0.1, 0.15) is 46.0 Å². The number of nitrogens with one attached hydrogen (secondary N) is 1. The summed E-state index contributed by atoms with van der Waals surface area (Å²) < 4.78 is 0. The number of aromatic nitrogens is 2. The molecule has 0 bridgehead atoms. The van der Waals surface area contributed by atoms with Gasteiger partial charge >= 0.3 is 0 Å². The van der Waals surface area contributed by atoms with Gasteiger partial charge in [-0.3, -0.25) is 0 Å². The standard InChI is InChI=1S/C14H23ClN4/c1-10(2)8-14(5-3-4-6-14)9-17-12-7-11(15)18-13(16)19-12/h7,10H,3-6,8-9H2,1-2H3,(H3,16,17,18,19). The summed E-state index contributed by atoms with van der Waals surface area (Å²) in [4.78, 5) is 8.05. The van der Waals surface area contributed by atoms with E-state index in [0.29, 0.717) is 10.6 Å². The van der Waals surface area contributed by atoms with Crippen LogP contribution in [0.2, 0.25) is 5.15 Å². The van der Waals surface area contributed by atoms with E-state index in [0.717, 1.165) is 18.3 Å². The van der Waals surface area contributed by atoms with Crippen molar-refractivity contribution in [3.63, 3.8) is 0 Å². The predicted molar refractivity (Wildman–Crippen MR) is 80.3 cm³/mol. The second-order valence-electron chi connectivity index (χ2n) is 6.09. The number of nitrogens with two attached hydrogens (primary N) is 1. The van der Waals surface area contributed by atoms with Gasteiger partial charge in [-0.1, -0.05) is 38.3 Å². The summed E-state index contributed by atoms with van der Waals surface area (Å²) in [5.41, 5.74) is 6.01. The van der Waals surface area contributed by atoms with E-state index in [-0.39, 0.29) is 5.95 Å². The molecular weight excluding hydrogens is 260 g/mol. The first kappa shape index (κ1) is 14.4. The van der Waals surface area contributed by atoms with Gasteiger partial charge in [0, 0.05) is 12.6 Å². The number of nitrogen functional groups attached to an aromatic ring is 1. The number of halogens is 1. The molecule has 1 aliphatic carbocycles. The summed E-state index contributed by atoms with van der Waals surface area (Å²) in [5.74, 6) is 1.67. The van der Waals surface area contributed by atoms with Crippen molar-refractivity contribution in [3.05, 3.63) is 11.2 Å². The lowest BCUT2D eigenvalue weighted by atomic mass is 9.78. The van der Waals surface area contributed by atoms with Crippen molar-refractivity contribution in [2.45, 2.75) is 46.0 Å². The van der Waals surface area contributed by atoms with Crippen molar-refractivity contribution in [1.82, 2.24) is 9.97 Å². The fraction of sp³-hybridized carbons (Fsp3) is 0.714. The molecule has 3 N–H and O–H groups in total. The van der Waals surface area contributed by atoms with Crippen molar-refractivity contribution in [2.24, 2.45) is 11.3 Å². The van der Waals surface area contributed by atoms with Gasteiger partial charge in [-0.25, -0.2) is 4.98 Å². The van der Waals surface area contributed by atoms with E-state index in [1.807, 2.05) is 0 Å². The van der Waals surface area contributed by atoms with E-state index < -0.39 is 0 Å². The molecule has 0 atom stereocenters. The Morgan fingerprint density at radius 2 is 2.05 bits per heavy atom. The fourth-order valence-electron chi connectivity index (χ4n) is 3.25. The van der Waals surface area contributed by atoms with Crippen molar-refractivity contribution >= 4 is 23.4 Å². The largest absolute Gasteiger partial charge is 0.369 e. The third kappa shape index (κ3) is 3.96. The molecule has 2 rings (SSSR count). The molecule has 19 heavy (non-hydrogen) atoms. The number of anilines is 2. The molecule has 106 valence electrons. The molecule has 0 spiro atoms. The van der Waals surface area contributed by atoms with Crippen molar-refractivity contribution < 1.29 is 0 Å². The maximum absolute atomic E-state index is 5.89. The molecule has 0 aromatic carbocycles.